The summed E-state index contributed by atoms with van der Waals surface area (Å²) in [6.45, 7) is 8.03. The van der Waals surface area contributed by atoms with Crippen LogP contribution in [-0.2, 0) is 6.54 Å². The second kappa shape index (κ2) is 10.2. The summed E-state index contributed by atoms with van der Waals surface area (Å²) in [5, 5.41) is 14.1. The van der Waals surface area contributed by atoms with Crippen molar-refractivity contribution in [3.63, 3.8) is 0 Å². The van der Waals surface area contributed by atoms with E-state index in [0.717, 1.165) is 55.4 Å². The van der Waals surface area contributed by atoms with Crippen molar-refractivity contribution >= 4 is 18.2 Å². The predicted molar refractivity (Wildman–Crippen MR) is 121 cm³/mol. The average Bonchev–Trinajstić information content (AvgIpc) is 3.22. The molecule has 0 amide bonds. The molecule has 0 spiro atoms. The molecule has 4 rings (SSSR count). The van der Waals surface area contributed by atoms with Crippen molar-refractivity contribution in [3.05, 3.63) is 60.4 Å². The highest BCUT2D eigenvalue weighted by molar-refractivity contribution is 5.85. The first-order valence-corrected chi connectivity index (χ1v) is 10.3. The summed E-state index contributed by atoms with van der Waals surface area (Å²) in [4.78, 5) is 13.7. The highest BCUT2D eigenvalue weighted by atomic mass is 35.5. The van der Waals surface area contributed by atoms with Crippen LogP contribution >= 0.6 is 12.4 Å². The topological polar surface area (TPSA) is 70.3 Å². The Bertz CT molecular complexity index is 972. The number of aliphatic hydroxyl groups excluding tert-OH is 1. The van der Waals surface area contributed by atoms with Crippen LogP contribution < -0.4 is 4.90 Å². The number of benzene rings is 1. The lowest BCUT2D eigenvalue weighted by atomic mass is 10.1. The molecule has 2 atom stereocenters. The van der Waals surface area contributed by atoms with Gasteiger partial charge in [0, 0.05) is 62.4 Å². The van der Waals surface area contributed by atoms with Crippen LogP contribution in [0.25, 0.3) is 11.3 Å². The molecule has 31 heavy (non-hydrogen) atoms. The monoisotopic (exact) mass is 446 g/mol. The van der Waals surface area contributed by atoms with Gasteiger partial charge in [0.15, 0.2) is 5.82 Å². The number of nitrogens with zero attached hydrogens (tertiary/aromatic N) is 6. The van der Waals surface area contributed by atoms with Crippen molar-refractivity contribution in [2.45, 2.75) is 32.5 Å². The van der Waals surface area contributed by atoms with Crippen molar-refractivity contribution in [2.24, 2.45) is 0 Å². The van der Waals surface area contributed by atoms with Crippen LogP contribution in [0.5, 0.6) is 0 Å². The van der Waals surface area contributed by atoms with Gasteiger partial charge in [0.1, 0.15) is 11.5 Å². The van der Waals surface area contributed by atoms with Gasteiger partial charge in [-0.05, 0) is 38.1 Å². The molecule has 1 saturated heterocycles. The van der Waals surface area contributed by atoms with E-state index in [0.29, 0.717) is 0 Å². The first kappa shape index (κ1) is 23.1. The largest absolute Gasteiger partial charge is 0.391 e. The Hall–Kier alpha value is -2.55. The number of hydrogen-bond donors (Lipinski definition) is 1. The highest BCUT2D eigenvalue weighted by Crippen LogP contribution is 2.27. The molecule has 3 heterocycles. The van der Waals surface area contributed by atoms with Crippen LogP contribution in [0.4, 0.5) is 10.2 Å². The zero-order valence-corrected chi connectivity index (χ0v) is 18.5. The molecular formula is C22H28ClFN6O. The van der Waals surface area contributed by atoms with Gasteiger partial charge in [0.2, 0.25) is 0 Å². The number of piperazine rings is 1. The van der Waals surface area contributed by atoms with Crippen LogP contribution in [-0.4, -0.2) is 62.0 Å². The first-order valence-electron chi connectivity index (χ1n) is 10.3. The van der Waals surface area contributed by atoms with Gasteiger partial charge < -0.3 is 10.0 Å². The number of aliphatic hydroxyl groups is 1. The molecule has 3 aromatic rings. The lowest BCUT2D eigenvalue weighted by molar-refractivity contribution is 0.132. The van der Waals surface area contributed by atoms with Gasteiger partial charge in [0.25, 0.3) is 0 Å². The van der Waals surface area contributed by atoms with E-state index in [1.165, 1.54) is 12.1 Å². The fourth-order valence-electron chi connectivity index (χ4n) is 3.65. The Morgan fingerprint density at radius 2 is 1.71 bits per heavy atom. The average molecular weight is 447 g/mol. The van der Waals surface area contributed by atoms with E-state index in [4.69, 9.17) is 0 Å². The molecule has 9 heteroatoms. The van der Waals surface area contributed by atoms with Gasteiger partial charge in [-0.15, -0.1) is 12.4 Å². The molecule has 166 valence electrons. The van der Waals surface area contributed by atoms with E-state index >= 15 is 0 Å². The summed E-state index contributed by atoms with van der Waals surface area (Å²) < 4.78 is 15.1. The van der Waals surface area contributed by atoms with Crippen LogP contribution in [0.3, 0.4) is 0 Å². The Morgan fingerprint density at radius 1 is 1.03 bits per heavy atom. The summed E-state index contributed by atoms with van der Waals surface area (Å²) in [7, 11) is 0. The molecule has 7 nitrogen and oxygen atoms in total. The van der Waals surface area contributed by atoms with Crippen molar-refractivity contribution in [2.75, 3.05) is 31.1 Å². The maximum Gasteiger partial charge on any atom is 0.155 e. The lowest BCUT2D eigenvalue weighted by Crippen LogP contribution is -2.46. The third kappa shape index (κ3) is 5.39. The normalized spacial score (nSPS) is 16.6. The smallest absolute Gasteiger partial charge is 0.155 e. The predicted octanol–water partition coefficient (Wildman–Crippen LogP) is 3.17. The minimum Gasteiger partial charge on any atom is -0.391 e. The number of aromatic nitrogens is 4. The zero-order chi connectivity index (χ0) is 21.1. The molecule has 1 fully saturated rings. The van der Waals surface area contributed by atoms with Crippen molar-refractivity contribution < 1.29 is 9.50 Å². The van der Waals surface area contributed by atoms with Crippen molar-refractivity contribution in [1.29, 1.82) is 0 Å². The Balaban J connectivity index is 0.00000272. The molecule has 0 bridgehead atoms. The minimum atomic E-state index is -0.441. The molecule has 1 aliphatic rings. The second-order valence-corrected chi connectivity index (χ2v) is 7.81. The Labute approximate surface area is 188 Å². The van der Waals surface area contributed by atoms with Crippen molar-refractivity contribution in [1.82, 2.24) is 24.6 Å². The standard InChI is InChI=1S/C22H27FN6O.ClH/c1-16(17(2)30)29-15-18(13-26-29)14-27-9-11-28(12-10-27)22-21(24-7-8-25-22)19-3-5-20(23)6-4-19;/h3-8,13,15-17,30H,9-12,14H2,1-2H3;1H/t16-,17-;/m0./s1. The van der Waals surface area contributed by atoms with Gasteiger partial charge >= 0.3 is 0 Å². The molecule has 0 radical (unpaired) electrons. The maximum absolute atomic E-state index is 13.3. The van der Waals surface area contributed by atoms with Gasteiger partial charge in [-0.3, -0.25) is 14.6 Å². The van der Waals surface area contributed by atoms with Crippen LogP contribution in [0.2, 0.25) is 0 Å². The fourth-order valence-corrected chi connectivity index (χ4v) is 3.65. The SMILES string of the molecule is C[C@H](O)[C@H](C)n1cc(CN2CCN(c3nccnc3-c3ccc(F)cc3)CC2)cn1.Cl. The van der Waals surface area contributed by atoms with Crippen LogP contribution in [0.1, 0.15) is 25.5 Å². The Morgan fingerprint density at radius 3 is 2.39 bits per heavy atom. The number of hydrogen-bond acceptors (Lipinski definition) is 6. The summed E-state index contributed by atoms with van der Waals surface area (Å²) >= 11 is 0. The molecule has 0 unspecified atom stereocenters. The summed E-state index contributed by atoms with van der Waals surface area (Å²) in [6.07, 6.45) is 6.82. The van der Waals surface area contributed by atoms with Crippen molar-refractivity contribution in [3.8, 4) is 11.3 Å². The number of anilines is 1. The molecule has 0 aliphatic carbocycles. The summed E-state index contributed by atoms with van der Waals surface area (Å²) in [5.41, 5.74) is 2.78. The molecule has 0 saturated carbocycles. The number of halogens is 2. The van der Waals surface area contributed by atoms with Gasteiger partial charge in [-0.1, -0.05) is 0 Å². The Kier molecular flexibility index (Phi) is 7.59. The van der Waals surface area contributed by atoms with Gasteiger partial charge in [0.05, 0.1) is 18.3 Å². The van der Waals surface area contributed by atoms with E-state index in [1.54, 1.807) is 31.5 Å². The third-order valence-electron chi connectivity index (χ3n) is 5.64. The highest BCUT2D eigenvalue weighted by Gasteiger charge is 2.22. The molecule has 2 aromatic heterocycles. The molecule has 1 N–H and O–H groups in total. The number of rotatable bonds is 6. The second-order valence-electron chi connectivity index (χ2n) is 7.81. The first-order chi connectivity index (χ1) is 14.5. The van der Waals surface area contributed by atoms with E-state index < -0.39 is 6.10 Å². The molecule has 1 aromatic carbocycles. The van der Waals surface area contributed by atoms with Gasteiger partial charge in [-0.2, -0.15) is 5.10 Å². The molecule has 1 aliphatic heterocycles. The maximum atomic E-state index is 13.3. The van der Waals surface area contributed by atoms with E-state index in [9.17, 15) is 9.50 Å². The van der Waals surface area contributed by atoms with Gasteiger partial charge in [-0.25, -0.2) is 9.37 Å². The van der Waals surface area contributed by atoms with E-state index in [-0.39, 0.29) is 24.3 Å². The quantitative estimate of drug-likeness (QED) is 0.627. The van der Waals surface area contributed by atoms with Crippen LogP contribution in [0, 0.1) is 5.82 Å². The fraction of sp³-hybridized carbons (Fsp3) is 0.409. The van der Waals surface area contributed by atoms with Crippen LogP contribution in [0.15, 0.2) is 49.1 Å². The third-order valence-corrected chi connectivity index (χ3v) is 5.64. The van der Waals surface area contributed by atoms with E-state index in [1.807, 2.05) is 24.0 Å². The zero-order valence-electron chi connectivity index (χ0n) is 17.7. The van der Waals surface area contributed by atoms with E-state index in [2.05, 4.69) is 24.9 Å². The molecular weight excluding hydrogens is 419 g/mol. The minimum absolute atomic E-state index is 0. The summed E-state index contributed by atoms with van der Waals surface area (Å²) in [5.74, 6) is 0.575. The summed E-state index contributed by atoms with van der Waals surface area (Å²) in [6, 6.07) is 6.34. The lowest BCUT2D eigenvalue weighted by Gasteiger charge is -2.35.